The number of halogens is 1. The zero-order chi connectivity index (χ0) is 16.9. The summed E-state index contributed by atoms with van der Waals surface area (Å²) in [5.74, 6) is 2.27. The molecule has 0 radical (unpaired) electrons. The van der Waals surface area contributed by atoms with Gasteiger partial charge in [-0.25, -0.2) is 4.99 Å². The van der Waals surface area contributed by atoms with Crippen LogP contribution >= 0.6 is 27.7 Å². The minimum Gasteiger partial charge on any atom is -0.496 e. The van der Waals surface area contributed by atoms with Gasteiger partial charge < -0.3 is 9.47 Å². The number of amidine groups is 1. The lowest BCUT2D eigenvalue weighted by molar-refractivity contribution is 0.412. The van der Waals surface area contributed by atoms with Crippen LogP contribution in [0.3, 0.4) is 0 Å². The minimum atomic E-state index is 0.736. The molecule has 0 aromatic heterocycles. The van der Waals surface area contributed by atoms with Gasteiger partial charge in [-0.15, -0.1) is 0 Å². The number of nitrogens with one attached hydrogen (secondary N) is 1. The average molecular weight is 406 g/mol. The average Bonchev–Trinajstić information content (AvgIpc) is 2.63. The maximum absolute atomic E-state index is 5.32. The van der Waals surface area contributed by atoms with Crippen molar-refractivity contribution < 1.29 is 9.47 Å². The summed E-state index contributed by atoms with van der Waals surface area (Å²) in [5.41, 5.74) is 5.79. The monoisotopic (exact) mass is 405 g/mol. The second-order valence-corrected chi connectivity index (χ2v) is 6.72. The van der Waals surface area contributed by atoms with Crippen LogP contribution in [0.2, 0.25) is 0 Å². The van der Waals surface area contributed by atoms with Gasteiger partial charge in [-0.3, -0.25) is 5.43 Å². The molecule has 0 amide bonds. The van der Waals surface area contributed by atoms with Crippen molar-refractivity contribution in [2.75, 3.05) is 20.0 Å². The van der Waals surface area contributed by atoms with Gasteiger partial charge in [0.2, 0.25) is 0 Å². The van der Waals surface area contributed by atoms with Gasteiger partial charge in [-0.1, -0.05) is 23.9 Å². The van der Waals surface area contributed by atoms with Crippen molar-refractivity contribution in [3.05, 3.63) is 52.5 Å². The van der Waals surface area contributed by atoms with E-state index in [0.29, 0.717) is 0 Å². The fraction of sp³-hybridized carbons (Fsp3) is 0.176. The van der Waals surface area contributed by atoms with E-state index >= 15 is 0 Å². The predicted octanol–water partition coefficient (Wildman–Crippen LogP) is 4.19. The van der Waals surface area contributed by atoms with E-state index in [0.717, 1.165) is 43.9 Å². The van der Waals surface area contributed by atoms with E-state index in [-0.39, 0.29) is 0 Å². The highest BCUT2D eigenvalue weighted by atomic mass is 79.9. The Morgan fingerprint density at radius 2 is 1.92 bits per heavy atom. The molecular weight excluding hydrogens is 390 g/mol. The molecule has 0 saturated heterocycles. The fourth-order valence-corrected chi connectivity index (χ4v) is 3.52. The molecule has 0 unspecified atom stereocenters. The summed E-state index contributed by atoms with van der Waals surface area (Å²) < 4.78 is 11.5. The summed E-state index contributed by atoms with van der Waals surface area (Å²) >= 11 is 5.10. The molecule has 3 rings (SSSR count). The van der Waals surface area contributed by atoms with Crippen molar-refractivity contribution >= 4 is 44.3 Å². The molecule has 1 heterocycles. The zero-order valence-electron chi connectivity index (χ0n) is 13.2. The van der Waals surface area contributed by atoms with Crippen LogP contribution in [-0.2, 0) is 0 Å². The maximum Gasteiger partial charge on any atom is 0.182 e. The third kappa shape index (κ3) is 3.73. The molecule has 2 aromatic carbocycles. The van der Waals surface area contributed by atoms with Crippen molar-refractivity contribution in [3.63, 3.8) is 0 Å². The molecule has 1 N–H and O–H groups in total. The number of hydrogen-bond donors (Lipinski definition) is 1. The fourth-order valence-electron chi connectivity index (χ4n) is 2.20. The lowest BCUT2D eigenvalue weighted by Gasteiger charge is -2.16. The number of benzene rings is 2. The van der Waals surface area contributed by atoms with Gasteiger partial charge in [0.15, 0.2) is 5.17 Å². The molecule has 0 atom stereocenters. The standard InChI is InChI=1S/C17H16BrN3O2S/c1-22-15-8-7-11(9-12(15)18)14-10-24-17(21-20-14)19-13-5-3-4-6-16(13)23-2/h3-9H,10H2,1-2H3,(H,19,21). The van der Waals surface area contributed by atoms with E-state index in [9.17, 15) is 0 Å². The van der Waals surface area contributed by atoms with E-state index in [4.69, 9.17) is 9.47 Å². The summed E-state index contributed by atoms with van der Waals surface area (Å²) in [4.78, 5) is 4.57. The van der Waals surface area contributed by atoms with E-state index < -0.39 is 0 Å². The van der Waals surface area contributed by atoms with E-state index in [1.54, 1.807) is 26.0 Å². The molecule has 124 valence electrons. The van der Waals surface area contributed by atoms with E-state index in [2.05, 4.69) is 31.4 Å². The van der Waals surface area contributed by atoms with Gasteiger partial charge in [0, 0.05) is 5.75 Å². The highest BCUT2D eigenvalue weighted by Gasteiger charge is 2.15. The Labute approximate surface area is 153 Å². The van der Waals surface area contributed by atoms with Crippen molar-refractivity contribution in [2.45, 2.75) is 0 Å². The highest BCUT2D eigenvalue weighted by Crippen LogP contribution is 2.29. The topological polar surface area (TPSA) is 55.2 Å². The first-order chi connectivity index (χ1) is 11.7. The Morgan fingerprint density at radius 1 is 1.12 bits per heavy atom. The van der Waals surface area contributed by atoms with Gasteiger partial charge >= 0.3 is 0 Å². The van der Waals surface area contributed by atoms with Crippen molar-refractivity contribution in [1.29, 1.82) is 0 Å². The van der Waals surface area contributed by atoms with Crippen LogP contribution in [0.5, 0.6) is 11.5 Å². The number of nitrogens with zero attached hydrogens (tertiary/aromatic N) is 2. The quantitative estimate of drug-likeness (QED) is 0.827. The summed E-state index contributed by atoms with van der Waals surface area (Å²) in [6.07, 6.45) is 0. The summed E-state index contributed by atoms with van der Waals surface area (Å²) in [5, 5.41) is 5.19. The molecular formula is C17H16BrN3O2S. The maximum atomic E-state index is 5.32. The Balaban J connectivity index is 1.79. The van der Waals surface area contributed by atoms with Gasteiger partial charge in [-0.2, -0.15) is 5.10 Å². The molecule has 0 spiro atoms. The predicted molar refractivity (Wildman–Crippen MR) is 103 cm³/mol. The zero-order valence-corrected chi connectivity index (χ0v) is 15.6. The molecule has 7 heteroatoms. The van der Waals surface area contributed by atoms with Crippen LogP contribution in [0.4, 0.5) is 5.69 Å². The molecule has 2 aromatic rings. The number of thioether (sulfide) groups is 1. The Morgan fingerprint density at radius 3 is 2.58 bits per heavy atom. The summed E-state index contributed by atoms with van der Waals surface area (Å²) in [6, 6.07) is 13.6. The molecule has 24 heavy (non-hydrogen) atoms. The number of aliphatic imine (C=N–C) groups is 1. The summed E-state index contributed by atoms with van der Waals surface area (Å²) in [6.45, 7) is 0. The lowest BCUT2D eigenvalue weighted by Crippen LogP contribution is -2.25. The Bertz CT molecular complexity index is 808. The molecule has 0 saturated carbocycles. The number of ether oxygens (including phenoxy) is 2. The molecule has 5 nitrogen and oxygen atoms in total. The number of methoxy groups -OCH3 is 2. The normalized spacial score (nSPS) is 15.6. The van der Waals surface area contributed by atoms with Crippen LogP contribution in [0.15, 0.2) is 57.0 Å². The van der Waals surface area contributed by atoms with E-state index in [1.807, 2.05) is 42.5 Å². The SMILES string of the molecule is COc1ccc(C2=NNC(=Nc3ccccc3OC)SC2)cc1Br. The number of rotatable bonds is 4. The van der Waals surface area contributed by atoms with Crippen LogP contribution in [-0.4, -0.2) is 30.9 Å². The number of para-hydroxylation sites is 2. The highest BCUT2D eigenvalue weighted by molar-refractivity contribution is 9.10. The third-order valence-electron chi connectivity index (χ3n) is 3.42. The number of hydrogen-bond acceptors (Lipinski definition) is 5. The molecule has 0 fully saturated rings. The van der Waals surface area contributed by atoms with Gasteiger partial charge in [0.05, 0.1) is 24.4 Å². The van der Waals surface area contributed by atoms with Crippen molar-refractivity contribution in [3.8, 4) is 11.5 Å². The molecule has 0 aliphatic carbocycles. The largest absolute Gasteiger partial charge is 0.496 e. The van der Waals surface area contributed by atoms with Crippen LogP contribution in [0.1, 0.15) is 5.56 Å². The first-order valence-corrected chi connectivity index (χ1v) is 9.00. The molecule has 1 aliphatic heterocycles. The lowest BCUT2D eigenvalue weighted by atomic mass is 10.1. The van der Waals surface area contributed by atoms with Gasteiger partial charge in [0.1, 0.15) is 17.2 Å². The second-order valence-electron chi connectivity index (χ2n) is 4.90. The summed E-state index contributed by atoms with van der Waals surface area (Å²) in [7, 11) is 3.29. The smallest absolute Gasteiger partial charge is 0.182 e. The van der Waals surface area contributed by atoms with Gasteiger partial charge in [0.25, 0.3) is 0 Å². The molecule has 1 aliphatic rings. The first kappa shape index (κ1) is 16.9. The van der Waals surface area contributed by atoms with Crippen molar-refractivity contribution in [2.24, 2.45) is 10.1 Å². The Hall–Kier alpha value is -1.99. The van der Waals surface area contributed by atoms with E-state index in [1.165, 1.54) is 0 Å². The van der Waals surface area contributed by atoms with Gasteiger partial charge in [-0.05, 0) is 51.8 Å². The molecule has 0 bridgehead atoms. The minimum absolute atomic E-state index is 0.736. The number of hydrazone groups is 1. The van der Waals surface area contributed by atoms with Crippen LogP contribution < -0.4 is 14.9 Å². The van der Waals surface area contributed by atoms with Crippen LogP contribution in [0, 0.1) is 0 Å². The third-order valence-corrected chi connectivity index (χ3v) is 4.92. The first-order valence-electron chi connectivity index (χ1n) is 7.22. The Kier molecular flexibility index (Phi) is 5.42. The second kappa shape index (κ2) is 7.72. The van der Waals surface area contributed by atoms with Crippen LogP contribution in [0.25, 0.3) is 0 Å². The van der Waals surface area contributed by atoms with Crippen molar-refractivity contribution in [1.82, 2.24) is 5.43 Å².